The van der Waals surface area contributed by atoms with Crippen molar-refractivity contribution in [1.29, 1.82) is 0 Å². The highest BCUT2D eigenvalue weighted by Crippen LogP contribution is 2.31. The van der Waals surface area contributed by atoms with Crippen LogP contribution < -0.4 is 5.32 Å². The van der Waals surface area contributed by atoms with Crippen LogP contribution in [0.3, 0.4) is 0 Å². The Morgan fingerprint density at radius 2 is 2.11 bits per heavy atom. The van der Waals surface area contributed by atoms with Crippen LogP contribution in [0.15, 0.2) is 30.3 Å². The minimum atomic E-state index is 0.0173. The van der Waals surface area contributed by atoms with Gasteiger partial charge in [0.2, 0.25) is 0 Å². The molecule has 2 nitrogen and oxygen atoms in total. The van der Waals surface area contributed by atoms with Gasteiger partial charge in [0.25, 0.3) is 5.91 Å². The van der Waals surface area contributed by atoms with Crippen LogP contribution in [0.5, 0.6) is 0 Å². The van der Waals surface area contributed by atoms with Crippen molar-refractivity contribution in [1.82, 2.24) is 0 Å². The molecule has 0 saturated heterocycles. The van der Waals surface area contributed by atoms with Crippen LogP contribution in [-0.4, -0.2) is 5.91 Å². The van der Waals surface area contributed by atoms with Crippen molar-refractivity contribution < 1.29 is 4.79 Å². The molecule has 1 heterocycles. The quantitative estimate of drug-likeness (QED) is 0.871. The summed E-state index contributed by atoms with van der Waals surface area (Å²) in [6.07, 6.45) is 3.50. The second-order valence-corrected chi connectivity index (χ2v) is 5.82. The molecule has 1 aromatic carbocycles. The van der Waals surface area contributed by atoms with Gasteiger partial charge in [-0.3, -0.25) is 4.79 Å². The molecule has 0 radical (unpaired) electrons. The lowest BCUT2D eigenvalue weighted by molar-refractivity contribution is 0.103. The van der Waals surface area contributed by atoms with Crippen molar-refractivity contribution in [3.8, 4) is 0 Å². The molecule has 1 N–H and O–H groups in total. The molecule has 92 valence electrons. The number of carbonyl (C=O) groups is 1. The van der Waals surface area contributed by atoms with Crippen LogP contribution in [0.1, 0.15) is 32.1 Å². The Hall–Kier alpha value is -1.61. The zero-order valence-corrected chi connectivity index (χ0v) is 11.1. The van der Waals surface area contributed by atoms with Crippen molar-refractivity contribution >= 4 is 22.9 Å². The summed E-state index contributed by atoms with van der Waals surface area (Å²) in [4.78, 5) is 14.4. The number of hydrogen-bond donors (Lipinski definition) is 1. The number of hydrogen-bond acceptors (Lipinski definition) is 2. The average Bonchev–Trinajstić information content (AvgIpc) is 2.92. The molecule has 1 amide bonds. The molecule has 0 unspecified atom stereocenters. The van der Waals surface area contributed by atoms with E-state index in [2.05, 4.69) is 11.4 Å². The number of rotatable bonds is 2. The third-order valence-electron chi connectivity index (χ3n) is 3.36. The van der Waals surface area contributed by atoms with E-state index in [1.54, 1.807) is 11.3 Å². The van der Waals surface area contributed by atoms with E-state index in [0.29, 0.717) is 0 Å². The van der Waals surface area contributed by atoms with Gasteiger partial charge in [-0.2, -0.15) is 0 Å². The number of benzene rings is 1. The summed E-state index contributed by atoms with van der Waals surface area (Å²) in [5.74, 6) is 0.0173. The van der Waals surface area contributed by atoms with Gasteiger partial charge in [-0.1, -0.05) is 18.2 Å². The summed E-state index contributed by atoms with van der Waals surface area (Å²) in [7, 11) is 0. The van der Waals surface area contributed by atoms with E-state index in [1.165, 1.54) is 16.9 Å². The Morgan fingerprint density at radius 1 is 1.28 bits per heavy atom. The van der Waals surface area contributed by atoms with E-state index < -0.39 is 0 Å². The first-order valence-electron chi connectivity index (χ1n) is 6.22. The summed E-state index contributed by atoms with van der Waals surface area (Å²) in [6.45, 7) is 2.00. The van der Waals surface area contributed by atoms with E-state index in [9.17, 15) is 4.79 Å². The normalized spacial score (nSPS) is 13.4. The average molecular weight is 257 g/mol. The number of anilines is 1. The highest BCUT2D eigenvalue weighted by atomic mass is 32.1. The monoisotopic (exact) mass is 257 g/mol. The summed E-state index contributed by atoms with van der Waals surface area (Å²) < 4.78 is 0. The Kier molecular flexibility index (Phi) is 2.92. The van der Waals surface area contributed by atoms with Crippen LogP contribution >= 0.6 is 11.3 Å². The summed E-state index contributed by atoms with van der Waals surface area (Å²) in [6, 6.07) is 9.92. The van der Waals surface area contributed by atoms with Gasteiger partial charge < -0.3 is 5.32 Å². The van der Waals surface area contributed by atoms with Gasteiger partial charge in [-0.15, -0.1) is 11.3 Å². The predicted octanol–water partition coefficient (Wildman–Crippen LogP) is 3.80. The number of amides is 1. The third kappa shape index (κ3) is 2.06. The molecule has 0 aliphatic heterocycles. The molecule has 18 heavy (non-hydrogen) atoms. The topological polar surface area (TPSA) is 29.1 Å². The first kappa shape index (κ1) is 11.5. The highest BCUT2D eigenvalue weighted by Gasteiger charge is 2.18. The molecule has 0 saturated carbocycles. The fourth-order valence-electron chi connectivity index (χ4n) is 2.34. The highest BCUT2D eigenvalue weighted by molar-refractivity contribution is 7.14. The molecule has 2 aromatic rings. The molecule has 3 rings (SSSR count). The summed E-state index contributed by atoms with van der Waals surface area (Å²) >= 11 is 1.64. The van der Waals surface area contributed by atoms with Gasteiger partial charge in [0.1, 0.15) is 0 Å². The summed E-state index contributed by atoms with van der Waals surface area (Å²) in [5.41, 5.74) is 3.36. The molecule has 0 bridgehead atoms. The van der Waals surface area contributed by atoms with Crippen LogP contribution in [0.2, 0.25) is 0 Å². The lowest BCUT2D eigenvalue weighted by Crippen LogP contribution is -2.11. The molecule has 0 spiro atoms. The zero-order valence-electron chi connectivity index (χ0n) is 10.3. The van der Waals surface area contributed by atoms with E-state index in [0.717, 1.165) is 29.0 Å². The molecule has 0 fully saturated rings. The second kappa shape index (κ2) is 4.58. The maximum atomic E-state index is 12.2. The van der Waals surface area contributed by atoms with Gasteiger partial charge in [-0.25, -0.2) is 0 Å². The molecule has 1 aliphatic carbocycles. The van der Waals surface area contributed by atoms with Gasteiger partial charge in [0.05, 0.1) is 4.88 Å². The number of carbonyl (C=O) groups excluding carboxylic acids is 1. The van der Waals surface area contributed by atoms with Crippen molar-refractivity contribution in [2.75, 3.05) is 5.32 Å². The minimum absolute atomic E-state index is 0.0173. The number of thiophene rings is 1. The second-order valence-electron chi connectivity index (χ2n) is 4.68. The number of para-hydroxylation sites is 1. The summed E-state index contributed by atoms with van der Waals surface area (Å²) in [5, 5.41) is 2.99. The molecule has 3 heteroatoms. The Labute approximate surface area is 111 Å². The number of nitrogens with one attached hydrogen (secondary N) is 1. The van der Waals surface area contributed by atoms with Crippen LogP contribution in [0.25, 0.3) is 0 Å². The van der Waals surface area contributed by atoms with Gasteiger partial charge in [0, 0.05) is 10.6 Å². The number of aryl methyl sites for hydroxylation is 3. The smallest absolute Gasteiger partial charge is 0.265 e. The lowest BCUT2D eigenvalue weighted by Gasteiger charge is -2.06. The maximum absolute atomic E-state index is 12.2. The first-order chi connectivity index (χ1) is 8.74. The van der Waals surface area contributed by atoms with E-state index in [4.69, 9.17) is 0 Å². The Bertz CT molecular complexity index is 579. The largest absolute Gasteiger partial charge is 0.321 e. The van der Waals surface area contributed by atoms with E-state index in [-0.39, 0.29) is 5.91 Å². The standard InChI is InChI=1S/C15H15NOS/c1-10-5-2-3-7-12(10)16-15(17)14-9-11-6-4-8-13(11)18-14/h2-3,5,7,9H,4,6,8H2,1H3,(H,16,17). The molecular formula is C15H15NOS. The van der Waals surface area contributed by atoms with E-state index >= 15 is 0 Å². The molecule has 1 aliphatic rings. The first-order valence-corrected chi connectivity index (χ1v) is 7.04. The van der Waals surface area contributed by atoms with Crippen molar-refractivity contribution in [2.45, 2.75) is 26.2 Å². The van der Waals surface area contributed by atoms with Crippen molar-refractivity contribution in [2.24, 2.45) is 0 Å². The van der Waals surface area contributed by atoms with Crippen LogP contribution in [0.4, 0.5) is 5.69 Å². The number of fused-ring (bicyclic) bond motifs is 1. The van der Waals surface area contributed by atoms with Crippen molar-refractivity contribution in [3.63, 3.8) is 0 Å². The molecule has 0 atom stereocenters. The van der Waals surface area contributed by atoms with Crippen molar-refractivity contribution in [3.05, 3.63) is 51.2 Å². The fourth-order valence-corrected chi connectivity index (χ4v) is 3.49. The SMILES string of the molecule is Cc1ccccc1NC(=O)c1cc2c(s1)CCC2. The zero-order chi connectivity index (χ0) is 12.5. The van der Waals surface area contributed by atoms with Crippen LogP contribution in [0, 0.1) is 6.92 Å². The predicted molar refractivity (Wildman–Crippen MR) is 75.5 cm³/mol. The Morgan fingerprint density at radius 3 is 2.89 bits per heavy atom. The molecule has 1 aromatic heterocycles. The van der Waals surface area contributed by atoms with Gasteiger partial charge in [0.15, 0.2) is 0 Å². The lowest BCUT2D eigenvalue weighted by atomic mass is 10.2. The van der Waals surface area contributed by atoms with Gasteiger partial charge >= 0.3 is 0 Å². The maximum Gasteiger partial charge on any atom is 0.265 e. The molecular weight excluding hydrogens is 242 g/mol. The Balaban J connectivity index is 1.81. The third-order valence-corrected chi connectivity index (χ3v) is 4.60. The fraction of sp³-hybridized carbons (Fsp3) is 0.267. The van der Waals surface area contributed by atoms with Gasteiger partial charge in [-0.05, 0) is 49.4 Å². The van der Waals surface area contributed by atoms with E-state index in [1.807, 2.05) is 31.2 Å². The van der Waals surface area contributed by atoms with Crippen LogP contribution in [-0.2, 0) is 12.8 Å². The minimum Gasteiger partial charge on any atom is -0.321 e.